The van der Waals surface area contributed by atoms with Crippen LogP contribution in [0.5, 0.6) is 0 Å². The highest BCUT2D eigenvalue weighted by atomic mass is 16.1. The van der Waals surface area contributed by atoms with E-state index in [1.807, 2.05) is 0 Å². The monoisotopic (exact) mass is 237 g/mol. The number of hydrogen-bond acceptors (Lipinski definition) is 3. The van der Waals surface area contributed by atoms with Crippen LogP contribution in [0, 0.1) is 0 Å². The van der Waals surface area contributed by atoms with Gasteiger partial charge in [-0.05, 0) is 33.4 Å². The van der Waals surface area contributed by atoms with Crippen LogP contribution in [0.15, 0.2) is 23.1 Å². The third-order valence-electron chi connectivity index (χ3n) is 3.58. The summed E-state index contributed by atoms with van der Waals surface area (Å²) in [4.78, 5) is 13.9. The van der Waals surface area contributed by atoms with Gasteiger partial charge in [-0.25, -0.2) is 0 Å². The molecule has 4 heteroatoms. The first kappa shape index (κ1) is 13.8. The van der Waals surface area contributed by atoms with Crippen LogP contribution in [0.25, 0.3) is 0 Å². The zero-order valence-electron chi connectivity index (χ0n) is 11.2. The number of pyridine rings is 1. The van der Waals surface area contributed by atoms with E-state index in [1.165, 1.54) is 6.07 Å². The van der Waals surface area contributed by atoms with Crippen molar-refractivity contribution in [1.29, 1.82) is 0 Å². The van der Waals surface area contributed by atoms with Crippen LogP contribution >= 0.6 is 0 Å². The van der Waals surface area contributed by atoms with Gasteiger partial charge in [0, 0.05) is 36.6 Å². The molecule has 0 aromatic carbocycles. The summed E-state index contributed by atoms with van der Waals surface area (Å²) in [5, 5.41) is 0. The number of rotatable bonds is 5. The highest BCUT2D eigenvalue weighted by Gasteiger charge is 2.20. The average molecular weight is 237 g/mol. The Bertz CT molecular complexity index is 423. The topological polar surface area (TPSA) is 51.3 Å². The van der Waals surface area contributed by atoms with Crippen LogP contribution in [0.1, 0.15) is 27.2 Å². The van der Waals surface area contributed by atoms with Gasteiger partial charge in [-0.15, -0.1) is 0 Å². The normalized spacial score (nSPS) is 12.1. The Kier molecular flexibility index (Phi) is 4.34. The second-order valence-electron chi connectivity index (χ2n) is 5.08. The minimum absolute atomic E-state index is 0.00176. The van der Waals surface area contributed by atoms with Crippen molar-refractivity contribution in [2.24, 2.45) is 0 Å². The molecule has 0 bridgehead atoms. The van der Waals surface area contributed by atoms with Crippen LogP contribution < -0.4 is 11.3 Å². The Balaban J connectivity index is 2.68. The fourth-order valence-corrected chi connectivity index (χ4v) is 1.55. The zero-order chi connectivity index (χ0) is 13.1. The van der Waals surface area contributed by atoms with E-state index in [1.54, 1.807) is 16.8 Å². The molecule has 17 heavy (non-hydrogen) atoms. The van der Waals surface area contributed by atoms with E-state index >= 15 is 0 Å². The Morgan fingerprint density at radius 1 is 1.41 bits per heavy atom. The Morgan fingerprint density at radius 2 is 2.06 bits per heavy atom. The maximum absolute atomic E-state index is 11.6. The minimum Gasteiger partial charge on any atom is -0.398 e. The van der Waals surface area contributed by atoms with Gasteiger partial charge >= 0.3 is 0 Å². The van der Waals surface area contributed by atoms with Gasteiger partial charge in [0.1, 0.15) is 0 Å². The number of aromatic nitrogens is 1. The molecule has 0 amide bonds. The molecular weight excluding hydrogens is 214 g/mol. The first-order valence-electron chi connectivity index (χ1n) is 6.04. The van der Waals surface area contributed by atoms with E-state index in [2.05, 4.69) is 32.7 Å². The smallest absolute Gasteiger partial charge is 0.250 e. The second-order valence-corrected chi connectivity index (χ2v) is 5.08. The van der Waals surface area contributed by atoms with Crippen molar-refractivity contribution in [2.75, 3.05) is 19.3 Å². The van der Waals surface area contributed by atoms with Crippen LogP contribution in [0.4, 0.5) is 5.69 Å². The molecule has 0 spiro atoms. The first-order valence-corrected chi connectivity index (χ1v) is 6.04. The van der Waals surface area contributed by atoms with Gasteiger partial charge in [0.25, 0.3) is 5.56 Å². The lowest BCUT2D eigenvalue weighted by atomic mass is 10.0. The summed E-state index contributed by atoms with van der Waals surface area (Å²) in [5.41, 5.74) is 6.46. The molecule has 0 aliphatic heterocycles. The van der Waals surface area contributed by atoms with Crippen LogP contribution in [-0.4, -0.2) is 28.6 Å². The Hall–Kier alpha value is -1.29. The summed E-state index contributed by atoms with van der Waals surface area (Å²) < 4.78 is 1.66. The highest BCUT2D eigenvalue weighted by molar-refractivity contribution is 5.33. The van der Waals surface area contributed by atoms with Crippen molar-refractivity contribution in [2.45, 2.75) is 39.3 Å². The summed E-state index contributed by atoms with van der Waals surface area (Å²) in [6.07, 6.45) is 2.78. The van der Waals surface area contributed by atoms with Crippen molar-refractivity contribution in [1.82, 2.24) is 9.47 Å². The molecule has 1 aromatic heterocycles. The van der Waals surface area contributed by atoms with Crippen molar-refractivity contribution in [3.05, 3.63) is 28.7 Å². The molecule has 1 rings (SSSR count). The molecular formula is C13H23N3O. The molecule has 0 saturated carbocycles. The molecule has 4 nitrogen and oxygen atoms in total. The van der Waals surface area contributed by atoms with E-state index < -0.39 is 0 Å². The lowest BCUT2D eigenvalue weighted by Gasteiger charge is -2.34. The molecule has 0 aliphatic rings. The van der Waals surface area contributed by atoms with Gasteiger partial charge in [0.15, 0.2) is 0 Å². The number of anilines is 1. The van der Waals surface area contributed by atoms with Crippen molar-refractivity contribution in [3.63, 3.8) is 0 Å². The third kappa shape index (κ3) is 3.60. The highest BCUT2D eigenvalue weighted by Crippen LogP contribution is 2.15. The predicted molar refractivity (Wildman–Crippen MR) is 72.1 cm³/mol. The zero-order valence-corrected chi connectivity index (χ0v) is 11.2. The van der Waals surface area contributed by atoms with E-state index in [0.29, 0.717) is 12.2 Å². The molecule has 0 radical (unpaired) electrons. The second kappa shape index (κ2) is 5.36. The maximum atomic E-state index is 11.6. The number of nitrogens with zero attached hydrogens (tertiary/aromatic N) is 2. The number of hydrogen-bond donors (Lipinski definition) is 1. The maximum Gasteiger partial charge on any atom is 0.250 e. The Labute approximate surface area is 103 Å². The van der Waals surface area contributed by atoms with E-state index in [0.717, 1.165) is 13.0 Å². The quantitative estimate of drug-likeness (QED) is 0.845. The molecule has 0 fully saturated rings. The fourth-order valence-electron chi connectivity index (χ4n) is 1.55. The first-order chi connectivity index (χ1) is 7.86. The fraction of sp³-hybridized carbons (Fsp3) is 0.615. The summed E-state index contributed by atoms with van der Waals surface area (Å²) in [6, 6.07) is 3.15. The number of nitrogens with two attached hydrogens (primary N) is 1. The molecule has 1 aromatic rings. The molecule has 1 heterocycles. The summed E-state index contributed by atoms with van der Waals surface area (Å²) in [6.45, 7) is 8.08. The van der Waals surface area contributed by atoms with Crippen molar-refractivity contribution >= 4 is 5.69 Å². The lowest BCUT2D eigenvalue weighted by Crippen LogP contribution is -2.42. The summed E-state index contributed by atoms with van der Waals surface area (Å²) >= 11 is 0. The summed E-state index contributed by atoms with van der Waals surface area (Å²) in [7, 11) is 2.08. The van der Waals surface area contributed by atoms with Crippen molar-refractivity contribution in [3.8, 4) is 0 Å². The van der Waals surface area contributed by atoms with Gasteiger partial charge in [-0.1, -0.05) is 6.92 Å². The largest absolute Gasteiger partial charge is 0.398 e. The van der Waals surface area contributed by atoms with E-state index in [4.69, 9.17) is 5.73 Å². The molecule has 96 valence electrons. The molecule has 0 saturated heterocycles. The van der Waals surface area contributed by atoms with Gasteiger partial charge < -0.3 is 10.3 Å². The van der Waals surface area contributed by atoms with Crippen LogP contribution in [0.3, 0.4) is 0 Å². The molecule has 0 unspecified atom stereocenters. The minimum atomic E-state index is 0.00176. The van der Waals surface area contributed by atoms with Gasteiger partial charge in [0.2, 0.25) is 0 Å². The van der Waals surface area contributed by atoms with Crippen molar-refractivity contribution < 1.29 is 0 Å². The lowest BCUT2D eigenvalue weighted by molar-refractivity contribution is 0.145. The van der Waals surface area contributed by atoms with E-state index in [9.17, 15) is 4.79 Å². The van der Waals surface area contributed by atoms with E-state index in [-0.39, 0.29) is 11.1 Å². The Morgan fingerprint density at radius 3 is 2.65 bits per heavy atom. The SMILES string of the molecule is CCC(C)(C)N(C)CCn1cc(N)ccc1=O. The van der Waals surface area contributed by atoms with Gasteiger partial charge in [-0.2, -0.15) is 0 Å². The predicted octanol–water partition coefficient (Wildman–Crippen LogP) is 1.55. The molecule has 0 aliphatic carbocycles. The third-order valence-corrected chi connectivity index (χ3v) is 3.58. The average Bonchev–Trinajstić information content (AvgIpc) is 2.29. The number of nitrogen functional groups attached to an aromatic ring is 1. The van der Waals surface area contributed by atoms with Crippen LogP contribution in [-0.2, 0) is 6.54 Å². The summed E-state index contributed by atoms with van der Waals surface area (Å²) in [5.74, 6) is 0. The molecule has 2 N–H and O–H groups in total. The standard InChI is InChI=1S/C13H23N3O/c1-5-13(2,3)15(4)8-9-16-10-11(14)6-7-12(16)17/h6-7,10H,5,8-9,14H2,1-4H3. The van der Waals surface area contributed by atoms with Gasteiger partial charge in [-0.3, -0.25) is 9.69 Å². The molecule has 0 atom stereocenters. The van der Waals surface area contributed by atoms with Gasteiger partial charge in [0.05, 0.1) is 0 Å². The van der Waals surface area contributed by atoms with Crippen LogP contribution in [0.2, 0.25) is 0 Å². The number of likely N-dealkylation sites (N-methyl/N-ethyl adjacent to an activating group) is 1.